The number of carbonyl (C=O) groups is 1. The Kier molecular flexibility index (Phi) is 5.21. The Hall–Kier alpha value is -1.55. The molecule has 104 valence electrons. The van der Waals surface area contributed by atoms with Crippen LogP contribution in [0.2, 0.25) is 0 Å². The first kappa shape index (κ1) is 13.9. The number of rotatable bonds is 5. The predicted molar refractivity (Wildman–Crippen MR) is 76.5 cm³/mol. The summed E-state index contributed by atoms with van der Waals surface area (Å²) in [5.41, 5.74) is 0.951. The van der Waals surface area contributed by atoms with Crippen LogP contribution in [0.5, 0.6) is 0 Å². The number of anilines is 1. The second kappa shape index (κ2) is 7.14. The maximum atomic E-state index is 12.4. The molecule has 1 unspecified atom stereocenters. The van der Waals surface area contributed by atoms with Crippen LogP contribution >= 0.6 is 0 Å². The molecule has 4 heteroatoms. The van der Waals surface area contributed by atoms with Crippen LogP contribution in [0.1, 0.15) is 26.2 Å². The number of urea groups is 1. The predicted octanol–water partition coefficient (Wildman–Crippen LogP) is 2.79. The molecular formula is C15H22N2O2. The lowest BCUT2D eigenvalue weighted by Gasteiger charge is -2.24. The maximum absolute atomic E-state index is 12.4. The summed E-state index contributed by atoms with van der Waals surface area (Å²) in [6.45, 7) is 4.25. The van der Waals surface area contributed by atoms with Gasteiger partial charge in [-0.05, 0) is 25.0 Å². The minimum absolute atomic E-state index is 0.0184. The molecule has 0 saturated carbocycles. The number of benzene rings is 1. The first-order chi connectivity index (χ1) is 9.31. The van der Waals surface area contributed by atoms with Crippen molar-refractivity contribution < 1.29 is 9.53 Å². The van der Waals surface area contributed by atoms with Gasteiger partial charge in [0.05, 0.1) is 12.6 Å². The summed E-state index contributed by atoms with van der Waals surface area (Å²) < 4.78 is 5.29. The maximum Gasteiger partial charge on any atom is 0.322 e. The molecule has 1 N–H and O–H groups in total. The van der Waals surface area contributed by atoms with Gasteiger partial charge in [-0.1, -0.05) is 31.5 Å². The Labute approximate surface area is 114 Å². The molecule has 0 bridgehead atoms. The van der Waals surface area contributed by atoms with Crippen molar-refractivity contribution in [1.29, 1.82) is 0 Å². The number of amides is 2. The van der Waals surface area contributed by atoms with Crippen molar-refractivity contribution in [3.05, 3.63) is 30.3 Å². The number of carbonyl (C=O) groups excluding carboxylic acids is 1. The van der Waals surface area contributed by atoms with Crippen molar-refractivity contribution in [2.24, 2.45) is 0 Å². The quantitative estimate of drug-likeness (QED) is 0.886. The highest BCUT2D eigenvalue weighted by Gasteiger charge is 2.21. The minimum atomic E-state index is -0.0184. The fraction of sp³-hybridized carbons (Fsp3) is 0.533. The van der Waals surface area contributed by atoms with Crippen LogP contribution in [-0.2, 0) is 4.74 Å². The fourth-order valence-corrected chi connectivity index (χ4v) is 2.17. The highest BCUT2D eigenvalue weighted by molar-refractivity contribution is 5.92. The molecule has 0 aromatic heterocycles. The van der Waals surface area contributed by atoms with Crippen molar-refractivity contribution in [2.75, 3.05) is 24.7 Å². The monoisotopic (exact) mass is 262 g/mol. The zero-order valence-electron chi connectivity index (χ0n) is 11.5. The molecule has 1 aromatic rings. The topological polar surface area (TPSA) is 41.6 Å². The second-order valence-electron chi connectivity index (χ2n) is 4.85. The molecular weight excluding hydrogens is 240 g/mol. The molecule has 1 aliphatic heterocycles. The van der Waals surface area contributed by atoms with Gasteiger partial charge in [-0.15, -0.1) is 0 Å². The molecule has 0 radical (unpaired) electrons. The number of hydrogen-bond acceptors (Lipinski definition) is 2. The average molecular weight is 262 g/mol. The Morgan fingerprint density at radius 1 is 1.42 bits per heavy atom. The third-order valence-electron chi connectivity index (χ3n) is 3.31. The molecule has 1 fully saturated rings. The van der Waals surface area contributed by atoms with Gasteiger partial charge in [-0.3, -0.25) is 4.90 Å². The molecule has 2 rings (SSSR count). The van der Waals surface area contributed by atoms with Gasteiger partial charge in [0.2, 0.25) is 0 Å². The van der Waals surface area contributed by atoms with E-state index in [9.17, 15) is 4.79 Å². The van der Waals surface area contributed by atoms with Crippen LogP contribution in [-0.4, -0.2) is 31.8 Å². The highest BCUT2D eigenvalue weighted by atomic mass is 16.5. The van der Waals surface area contributed by atoms with Gasteiger partial charge in [-0.2, -0.15) is 0 Å². The molecule has 0 aliphatic carbocycles. The first-order valence-electron chi connectivity index (χ1n) is 7.02. The van der Waals surface area contributed by atoms with Gasteiger partial charge in [0.1, 0.15) is 0 Å². The minimum Gasteiger partial charge on any atom is -0.379 e. The Morgan fingerprint density at radius 3 is 2.84 bits per heavy atom. The lowest BCUT2D eigenvalue weighted by molar-refractivity contribution is 0.189. The number of hydrogen-bond donors (Lipinski definition) is 1. The van der Waals surface area contributed by atoms with Gasteiger partial charge in [0, 0.05) is 18.8 Å². The third-order valence-corrected chi connectivity index (χ3v) is 3.31. The largest absolute Gasteiger partial charge is 0.379 e. The number of unbranched alkanes of at least 4 members (excludes halogenated alkanes) is 1. The van der Waals surface area contributed by atoms with Crippen molar-refractivity contribution >= 4 is 11.7 Å². The number of nitrogens with zero attached hydrogens (tertiary/aromatic N) is 1. The van der Waals surface area contributed by atoms with E-state index in [1.165, 1.54) is 0 Å². The van der Waals surface area contributed by atoms with Crippen molar-refractivity contribution in [3.63, 3.8) is 0 Å². The van der Waals surface area contributed by atoms with Crippen molar-refractivity contribution in [2.45, 2.75) is 32.2 Å². The first-order valence-corrected chi connectivity index (χ1v) is 7.02. The average Bonchev–Trinajstić information content (AvgIpc) is 2.93. The van der Waals surface area contributed by atoms with Crippen molar-refractivity contribution in [3.8, 4) is 0 Å². The van der Waals surface area contributed by atoms with Gasteiger partial charge in [-0.25, -0.2) is 4.79 Å². The zero-order chi connectivity index (χ0) is 13.5. The van der Waals surface area contributed by atoms with Crippen LogP contribution in [0.4, 0.5) is 10.5 Å². The summed E-state index contributed by atoms with van der Waals surface area (Å²) in [6, 6.07) is 9.96. The van der Waals surface area contributed by atoms with E-state index in [4.69, 9.17) is 4.74 Å². The van der Waals surface area contributed by atoms with E-state index in [0.717, 1.165) is 38.1 Å². The zero-order valence-corrected chi connectivity index (χ0v) is 11.5. The van der Waals surface area contributed by atoms with Crippen molar-refractivity contribution in [1.82, 2.24) is 5.32 Å². The number of nitrogens with one attached hydrogen (secondary N) is 1. The Bertz CT molecular complexity index is 388. The fourth-order valence-electron chi connectivity index (χ4n) is 2.17. The number of para-hydroxylation sites is 1. The van der Waals surface area contributed by atoms with Crippen LogP contribution in [0.15, 0.2) is 30.3 Å². The second-order valence-corrected chi connectivity index (χ2v) is 4.85. The van der Waals surface area contributed by atoms with Crippen LogP contribution in [0.3, 0.4) is 0 Å². The van der Waals surface area contributed by atoms with Gasteiger partial charge >= 0.3 is 6.03 Å². The van der Waals surface area contributed by atoms with E-state index in [1.807, 2.05) is 35.2 Å². The summed E-state index contributed by atoms with van der Waals surface area (Å²) in [5, 5.41) is 3.05. The molecule has 19 heavy (non-hydrogen) atoms. The standard InChI is InChI=1S/C15H22N2O2/c1-2-3-10-17(14-7-5-4-6-8-14)15(18)16-13-9-11-19-12-13/h4-8,13H,2-3,9-12H2,1H3,(H,16,18). The summed E-state index contributed by atoms with van der Waals surface area (Å²) >= 11 is 0. The van der Waals surface area contributed by atoms with Crippen LogP contribution in [0.25, 0.3) is 0 Å². The van der Waals surface area contributed by atoms with Gasteiger partial charge < -0.3 is 10.1 Å². The molecule has 1 saturated heterocycles. The molecule has 2 amide bonds. The van der Waals surface area contributed by atoms with E-state index in [2.05, 4.69) is 12.2 Å². The summed E-state index contributed by atoms with van der Waals surface area (Å²) in [6.07, 6.45) is 2.98. The van der Waals surface area contributed by atoms with Crippen LogP contribution in [0, 0.1) is 0 Å². The van der Waals surface area contributed by atoms with E-state index in [-0.39, 0.29) is 12.1 Å². The molecule has 0 spiro atoms. The van der Waals surface area contributed by atoms with Gasteiger partial charge in [0.25, 0.3) is 0 Å². The molecule has 1 aromatic carbocycles. The number of ether oxygens (including phenoxy) is 1. The third kappa shape index (κ3) is 3.96. The SMILES string of the molecule is CCCCN(C(=O)NC1CCOC1)c1ccccc1. The van der Waals surface area contributed by atoms with E-state index < -0.39 is 0 Å². The summed E-state index contributed by atoms with van der Waals surface area (Å²) in [7, 11) is 0. The van der Waals surface area contributed by atoms with Crippen LogP contribution < -0.4 is 10.2 Å². The smallest absolute Gasteiger partial charge is 0.322 e. The summed E-state index contributed by atoms with van der Waals surface area (Å²) in [5.74, 6) is 0. The normalized spacial score (nSPS) is 18.3. The van der Waals surface area contributed by atoms with E-state index >= 15 is 0 Å². The highest BCUT2D eigenvalue weighted by Crippen LogP contribution is 2.15. The summed E-state index contributed by atoms with van der Waals surface area (Å²) in [4.78, 5) is 14.2. The molecule has 4 nitrogen and oxygen atoms in total. The molecule has 1 atom stereocenters. The van der Waals surface area contributed by atoms with E-state index in [1.54, 1.807) is 0 Å². The lowest BCUT2D eigenvalue weighted by Crippen LogP contribution is -2.45. The molecule has 1 heterocycles. The Balaban J connectivity index is 2.01. The van der Waals surface area contributed by atoms with Gasteiger partial charge in [0.15, 0.2) is 0 Å². The lowest BCUT2D eigenvalue weighted by atomic mass is 10.2. The van der Waals surface area contributed by atoms with E-state index in [0.29, 0.717) is 6.61 Å². The Morgan fingerprint density at radius 2 is 2.21 bits per heavy atom. The molecule has 1 aliphatic rings.